The maximum Gasteiger partial charge on any atom is 0.471 e. The summed E-state index contributed by atoms with van der Waals surface area (Å²) in [6.07, 6.45) is -4.14. The van der Waals surface area contributed by atoms with Crippen molar-refractivity contribution < 1.29 is 22.5 Å². The van der Waals surface area contributed by atoms with Gasteiger partial charge in [0, 0.05) is 24.6 Å². The van der Waals surface area contributed by atoms with Crippen LogP contribution < -0.4 is 0 Å². The number of aryl methyl sites for hydroxylation is 1. The van der Waals surface area contributed by atoms with E-state index in [4.69, 9.17) is 0 Å². The van der Waals surface area contributed by atoms with Gasteiger partial charge >= 0.3 is 12.1 Å². The van der Waals surface area contributed by atoms with Crippen LogP contribution in [0.25, 0.3) is 0 Å². The van der Waals surface area contributed by atoms with Gasteiger partial charge in [0.25, 0.3) is 5.91 Å². The van der Waals surface area contributed by atoms with Crippen LogP contribution in [0.4, 0.5) is 13.2 Å². The Morgan fingerprint density at radius 1 is 1.30 bits per heavy atom. The quantitative estimate of drug-likeness (QED) is 0.851. The number of alkyl halides is 3. The number of carbonyl (C=O) groups excluding carboxylic acids is 1. The minimum atomic E-state index is -4.65. The van der Waals surface area contributed by atoms with Crippen LogP contribution >= 0.6 is 0 Å². The number of amides is 1. The van der Waals surface area contributed by atoms with Gasteiger partial charge in [0.2, 0.25) is 0 Å². The minimum absolute atomic E-state index is 0.00321. The molecular formula is C15H14F3N3O2. The molecule has 1 aromatic heterocycles. The van der Waals surface area contributed by atoms with E-state index in [1.54, 1.807) is 17.0 Å². The molecule has 1 aliphatic heterocycles. The Balaban J connectivity index is 1.69. The summed E-state index contributed by atoms with van der Waals surface area (Å²) in [6.45, 7) is 2.66. The monoisotopic (exact) mass is 325 g/mol. The third-order valence-electron chi connectivity index (χ3n) is 3.82. The molecule has 1 aliphatic rings. The van der Waals surface area contributed by atoms with Crippen molar-refractivity contribution in [3.8, 4) is 0 Å². The lowest BCUT2D eigenvalue weighted by Gasteiger charge is -2.16. The van der Waals surface area contributed by atoms with Crippen LogP contribution in [0.2, 0.25) is 0 Å². The van der Waals surface area contributed by atoms with Crippen molar-refractivity contribution in [3.63, 3.8) is 0 Å². The second-order valence-electron chi connectivity index (χ2n) is 5.56. The van der Waals surface area contributed by atoms with Gasteiger partial charge in [0.1, 0.15) is 0 Å². The Labute approximate surface area is 130 Å². The Morgan fingerprint density at radius 2 is 2.00 bits per heavy atom. The number of hydrogen-bond acceptors (Lipinski definition) is 4. The number of aromatic nitrogens is 2. The molecule has 0 N–H and O–H groups in total. The van der Waals surface area contributed by atoms with Gasteiger partial charge in [-0.2, -0.15) is 18.2 Å². The number of likely N-dealkylation sites (tertiary alicyclic amines) is 1. The van der Waals surface area contributed by atoms with Crippen molar-refractivity contribution in [2.75, 3.05) is 13.1 Å². The molecule has 5 nitrogen and oxygen atoms in total. The van der Waals surface area contributed by atoms with Crippen molar-refractivity contribution in [2.45, 2.75) is 25.4 Å². The lowest BCUT2D eigenvalue weighted by molar-refractivity contribution is -0.159. The molecule has 3 rings (SSSR count). The second kappa shape index (κ2) is 5.68. The number of benzene rings is 1. The summed E-state index contributed by atoms with van der Waals surface area (Å²) in [6, 6.07) is 7.16. The number of nitrogens with zero attached hydrogens (tertiary/aromatic N) is 3. The maximum atomic E-state index is 12.5. The smallest absolute Gasteiger partial charge is 0.338 e. The number of carbonyl (C=O) groups is 1. The highest BCUT2D eigenvalue weighted by atomic mass is 19.4. The molecule has 0 bridgehead atoms. The summed E-state index contributed by atoms with van der Waals surface area (Å²) in [4.78, 5) is 17.4. The first-order valence-electron chi connectivity index (χ1n) is 7.11. The fourth-order valence-electron chi connectivity index (χ4n) is 2.55. The van der Waals surface area contributed by atoms with Crippen molar-refractivity contribution in [1.82, 2.24) is 15.0 Å². The molecule has 1 fully saturated rings. The number of hydrogen-bond donors (Lipinski definition) is 0. The maximum absolute atomic E-state index is 12.5. The van der Waals surface area contributed by atoms with E-state index in [0.29, 0.717) is 18.5 Å². The fraction of sp³-hybridized carbons (Fsp3) is 0.400. The van der Waals surface area contributed by atoms with Crippen LogP contribution in [0.3, 0.4) is 0 Å². The van der Waals surface area contributed by atoms with Crippen LogP contribution in [0.1, 0.15) is 40.0 Å². The van der Waals surface area contributed by atoms with Gasteiger partial charge in [-0.25, -0.2) is 0 Å². The van der Waals surface area contributed by atoms with Crippen molar-refractivity contribution >= 4 is 5.91 Å². The zero-order valence-corrected chi connectivity index (χ0v) is 12.3. The first-order valence-corrected chi connectivity index (χ1v) is 7.11. The highest BCUT2D eigenvalue weighted by molar-refractivity contribution is 5.94. The minimum Gasteiger partial charge on any atom is -0.338 e. The van der Waals surface area contributed by atoms with Crippen LogP contribution in [-0.2, 0) is 6.18 Å². The standard InChI is InChI=1S/C15H14F3N3O2/c1-9-2-4-10(5-3-9)13(22)21-7-6-11(8-21)12-19-14(23-20-12)15(16,17)18/h2-5,11H,6-8H2,1H3/t11-/m0/s1. The van der Waals surface area contributed by atoms with Gasteiger partial charge < -0.3 is 9.42 Å². The third-order valence-corrected chi connectivity index (χ3v) is 3.82. The average Bonchev–Trinajstić information content (AvgIpc) is 3.16. The van der Waals surface area contributed by atoms with E-state index >= 15 is 0 Å². The van der Waals surface area contributed by atoms with Crippen LogP contribution in [0.15, 0.2) is 28.8 Å². The molecule has 8 heteroatoms. The van der Waals surface area contributed by atoms with Crippen molar-refractivity contribution in [3.05, 3.63) is 47.1 Å². The molecule has 0 spiro atoms. The third kappa shape index (κ3) is 3.20. The molecule has 0 aliphatic carbocycles. The van der Waals surface area contributed by atoms with E-state index in [0.717, 1.165) is 5.56 Å². The van der Waals surface area contributed by atoms with Gasteiger partial charge in [-0.1, -0.05) is 22.9 Å². The molecule has 2 heterocycles. The fourth-order valence-corrected chi connectivity index (χ4v) is 2.55. The molecule has 23 heavy (non-hydrogen) atoms. The molecular weight excluding hydrogens is 311 g/mol. The first-order chi connectivity index (χ1) is 10.8. The van der Waals surface area contributed by atoms with E-state index in [-0.39, 0.29) is 24.2 Å². The molecule has 2 aromatic rings. The predicted octanol–water partition coefficient (Wildman–Crippen LogP) is 3.03. The molecule has 1 aromatic carbocycles. The van der Waals surface area contributed by atoms with Crippen LogP contribution in [0, 0.1) is 6.92 Å². The zero-order valence-electron chi connectivity index (χ0n) is 12.3. The zero-order chi connectivity index (χ0) is 16.6. The summed E-state index contributed by atoms with van der Waals surface area (Å²) in [5.74, 6) is -1.84. The first kappa shape index (κ1) is 15.5. The summed E-state index contributed by atoms with van der Waals surface area (Å²) >= 11 is 0. The lowest BCUT2D eigenvalue weighted by Crippen LogP contribution is -2.28. The topological polar surface area (TPSA) is 59.2 Å². The largest absolute Gasteiger partial charge is 0.471 e. The highest BCUT2D eigenvalue weighted by Crippen LogP contribution is 2.31. The Hall–Kier alpha value is -2.38. The van der Waals surface area contributed by atoms with Crippen molar-refractivity contribution in [2.24, 2.45) is 0 Å². The summed E-state index contributed by atoms with van der Waals surface area (Å²) in [5.41, 5.74) is 1.60. The van der Waals surface area contributed by atoms with E-state index in [1.165, 1.54) is 0 Å². The molecule has 1 atom stereocenters. The number of rotatable bonds is 2. The van der Waals surface area contributed by atoms with Crippen molar-refractivity contribution in [1.29, 1.82) is 0 Å². The molecule has 1 amide bonds. The summed E-state index contributed by atoms with van der Waals surface area (Å²) < 4.78 is 41.7. The molecule has 0 saturated carbocycles. The molecule has 122 valence electrons. The Bertz CT molecular complexity index is 710. The molecule has 0 unspecified atom stereocenters. The van der Waals surface area contributed by atoms with Crippen LogP contribution in [-0.4, -0.2) is 34.0 Å². The van der Waals surface area contributed by atoms with Gasteiger partial charge in [-0.05, 0) is 25.5 Å². The second-order valence-corrected chi connectivity index (χ2v) is 5.56. The van der Waals surface area contributed by atoms with E-state index in [1.807, 2.05) is 19.1 Å². The SMILES string of the molecule is Cc1ccc(C(=O)N2CC[C@H](c3noc(C(F)(F)F)n3)C2)cc1. The highest BCUT2D eigenvalue weighted by Gasteiger charge is 2.40. The lowest BCUT2D eigenvalue weighted by atomic mass is 10.1. The van der Waals surface area contributed by atoms with E-state index < -0.39 is 12.1 Å². The van der Waals surface area contributed by atoms with Gasteiger partial charge in [-0.15, -0.1) is 0 Å². The Morgan fingerprint density at radius 3 is 2.61 bits per heavy atom. The average molecular weight is 325 g/mol. The molecule has 1 saturated heterocycles. The van der Waals surface area contributed by atoms with E-state index in [9.17, 15) is 18.0 Å². The van der Waals surface area contributed by atoms with Crippen LogP contribution in [0.5, 0.6) is 0 Å². The molecule has 0 radical (unpaired) electrons. The summed E-state index contributed by atoms with van der Waals surface area (Å²) in [5, 5.41) is 3.40. The predicted molar refractivity (Wildman–Crippen MR) is 73.7 cm³/mol. The van der Waals surface area contributed by atoms with Gasteiger partial charge in [-0.3, -0.25) is 4.79 Å². The van der Waals surface area contributed by atoms with Gasteiger partial charge in [0.15, 0.2) is 5.82 Å². The Kier molecular flexibility index (Phi) is 3.83. The summed E-state index contributed by atoms with van der Waals surface area (Å²) in [7, 11) is 0. The van der Waals surface area contributed by atoms with Gasteiger partial charge in [0.05, 0.1) is 0 Å². The normalized spacial score (nSPS) is 18.4. The van der Waals surface area contributed by atoms with E-state index in [2.05, 4.69) is 14.7 Å². The number of halogens is 3.